The third kappa shape index (κ3) is 5.73. The van der Waals surface area contributed by atoms with Crippen LogP contribution in [0.1, 0.15) is 42.9 Å². The summed E-state index contributed by atoms with van der Waals surface area (Å²) in [5.41, 5.74) is 1.09. The van der Waals surface area contributed by atoms with E-state index in [-0.39, 0.29) is 16.7 Å². The zero-order valence-electron chi connectivity index (χ0n) is 19.8. The number of nitrogens with one attached hydrogen (secondary N) is 1. The van der Waals surface area contributed by atoms with Gasteiger partial charge in [0.2, 0.25) is 11.2 Å². The number of morpholine rings is 1. The van der Waals surface area contributed by atoms with Gasteiger partial charge in [0.25, 0.3) is 0 Å². The maximum absolute atomic E-state index is 11.9. The maximum atomic E-state index is 11.9. The Morgan fingerprint density at radius 1 is 1.26 bits per heavy atom. The SMILES string of the molecule is CCOC(=O)c1cnc(NC(Cc2cc3nc(Cl)nc(N4CCOCC4)c3s2)C(C)(C)C)nc1. The third-order valence-corrected chi connectivity index (χ3v) is 6.92. The summed E-state index contributed by atoms with van der Waals surface area (Å²) in [4.78, 5) is 32.9. The van der Waals surface area contributed by atoms with Crippen molar-refractivity contribution in [3.05, 3.63) is 34.2 Å². The summed E-state index contributed by atoms with van der Waals surface area (Å²) in [6, 6.07) is 2.12. The number of carbonyl (C=O) groups is 1. The molecule has 0 saturated carbocycles. The molecule has 3 aromatic rings. The number of hydrogen-bond acceptors (Lipinski definition) is 10. The summed E-state index contributed by atoms with van der Waals surface area (Å²) < 4.78 is 11.5. The van der Waals surface area contributed by atoms with Crippen LogP contribution in [0.4, 0.5) is 11.8 Å². The second-order valence-electron chi connectivity index (χ2n) is 9.13. The van der Waals surface area contributed by atoms with Gasteiger partial charge in [0.15, 0.2) is 5.82 Å². The summed E-state index contributed by atoms with van der Waals surface area (Å²) >= 11 is 7.94. The summed E-state index contributed by atoms with van der Waals surface area (Å²) in [6.45, 7) is 11.5. The monoisotopic (exact) mass is 504 g/mol. The standard InChI is InChI=1S/C23H29ClN6O3S/c1-5-33-20(31)14-12-25-22(26-13-14)28-17(23(2,3)4)11-15-10-16-18(34-15)19(29-21(24)27-16)30-6-8-32-9-7-30/h10,12-13,17H,5-9,11H2,1-4H3,(H,25,26,28). The van der Waals surface area contributed by atoms with Crippen molar-refractivity contribution in [3.63, 3.8) is 0 Å². The average molecular weight is 505 g/mol. The lowest BCUT2D eigenvalue weighted by Gasteiger charge is -2.31. The number of ether oxygens (including phenoxy) is 2. The van der Waals surface area contributed by atoms with Gasteiger partial charge in [-0.15, -0.1) is 11.3 Å². The van der Waals surface area contributed by atoms with Crippen LogP contribution in [-0.4, -0.2) is 64.9 Å². The zero-order valence-corrected chi connectivity index (χ0v) is 21.4. The molecular formula is C23H29ClN6O3S. The minimum Gasteiger partial charge on any atom is -0.462 e. The maximum Gasteiger partial charge on any atom is 0.341 e. The van der Waals surface area contributed by atoms with E-state index in [1.807, 2.05) is 0 Å². The molecule has 1 fully saturated rings. The first-order valence-electron chi connectivity index (χ1n) is 11.3. The molecule has 34 heavy (non-hydrogen) atoms. The molecule has 1 aliphatic rings. The van der Waals surface area contributed by atoms with E-state index in [4.69, 9.17) is 21.1 Å². The molecule has 1 saturated heterocycles. The van der Waals surface area contributed by atoms with Crippen LogP contribution in [-0.2, 0) is 15.9 Å². The van der Waals surface area contributed by atoms with Crippen LogP contribution in [0.15, 0.2) is 18.5 Å². The summed E-state index contributed by atoms with van der Waals surface area (Å²) in [5, 5.41) is 3.69. The van der Waals surface area contributed by atoms with Crippen molar-refractivity contribution in [1.82, 2.24) is 19.9 Å². The van der Waals surface area contributed by atoms with Crippen LogP contribution in [0.25, 0.3) is 10.2 Å². The van der Waals surface area contributed by atoms with Crippen molar-refractivity contribution in [1.29, 1.82) is 0 Å². The molecule has 11 heteroatoms. The van der Waals surface area contributed by atoms with Crippen molar-refractivity contribution in [3.8, 4) is 0 Å². The van der Waals surface area contributed by atoms with Crippen LogP contribution in [0.2, 0.25) is 5.28 Å². The quantitative estimate of drug-likeness (QED) is 0.374. The zero-order chi connectivity index (χ0) is 24.3. The Hall–Kier alpha value is -2.56. The van der Waals surface area contributed by atoms with Gasteiger partial charge in [-0.1, -0.05) is 20.8 Å². The molecule has 0 radical (unpaired) electrons. The Kier molecular flexibility index (Phi) is 7.49. The van der Waals surface area contributed by atoms with Crippen molar-refractivity contribution in [2.45, 2.75) is 40.2 Å². The fourth-order valence-corrected chi connectivity index (χ4v) is 5.01. The highest BCUT2D eigenvalue weighted by molar-refractivity contribution is 7.19. The largest absolute Gasteiger partial charge is 0.462 e. The predicted octanol–water partition coefficient (Wildman–Crippen LogP) is 4.22. The first-order chi connectivity index (χ1) is 16.2. The molecule has 1 aliphatic heterocycles. The first-order valence-corrected chi connectivity index (χ1v) is 12.5. The summed E-state index contributed by atoms with van der Waals surface area (Å²) in [6.07, 6.45) is 3.71. The highest BCUT2D eigenvalue weighted by Crippen LogP contribution is 2.35. The predicted molar refractivity (Wildman–Crippen MR) is 134 cm³/mol. The van der Waals surface area contributed by atoms with Crippen molar-refractivity contribution < 1.29 is 14.3 Å². The number of rotatable bonds is 7. The van der Waals surface area contributed by atoms with Crippen LogP contribution >= 0.6 is 22.9 Å². The fourth-order valence-electron chi connectivity index (χ4n) is 3.68. The van der Waals surface area contributed by atoms with E-state index in [0.29, 0.717) is 31.3 Å². The van der Waals surface area contributed by atoms with Crippen molar-refractivity contribution >= 4 is 50.9 Å². The van der Waals surface area contributed by atoms with Gasteiger partial charge >= 0.3 is 5.97 Å². The lowest BCUT2D eigenvalue weighted by molar-refractivity contribution is 0.0525. The number of nitrogens with zero attached hydrogens (tertiary/aromatic N) is 5. The molecule has 4 rings (SSSR count). The molecule has 182 valence electrons. The van der Waals surface area contributed by atoms with Crippen molar-refractivity contribution in [2.24, 2.45) is 5.41 Å². The van der Waals surface area contributed by atoms with Gasteiger partial charge in [-0.25, -0.2) is 19.7 Å². The Labute approximate surface area is 207 Å². The summed E-state index contributed by atoms with van der Waals surface area (Å²) in [7, 11) is 0. The van der Waals surface area contributed by atoms with E-state index >= 15 is 0 Å². The Bertz CT molecular complexity index is 1140. The van der Waals surface area contributed by atoms with Crippen LogP contribution in [0, 0.1) is 5.41 Å². The van der Waals surface area contributed by atoms with Gasteiger partial charge in [0.05, 0.1) is 35.6 Å². The second-order valence-corrected chi connectivity index (χ2v) is 10.6. The van der Waals surface area contributed by atoms with E-state index in [1.165, 1.54) is 12.4 Å². The molecule has 0 spiro atoms. The topological polar surface area (TPSA) is 102 Å². The Balaban J connectivity index is 1.56. The molecule has 0 aromatic carbocycles. The molecule has 0 aliphatic carbocycles. The number of esters is 1. The number of anilines is 2. The smallest absolute Gasteiger partial charge is 0.341 e. The van der Waals surface area contributed by atoms with E-state index in [9.17, 15) is 4.79 Å². The van der Waals surface area contributed by atoms with Gasteiger partial charge in [-0.05, 0) is 30.0 Å². The molecular weight excluding hydrogens is 476 g/mol. The number of aromatic nitrogens is 4. The van der Waals surface area contributed by atoms with E-state index in [2.05, 4.69) is 57.0 Å². The van der Waals surface area contributed by atoms with Crippen LogP contribution in [0.5, 0.6) is 0 Å². The van der Waals surface area contributed by atoms with Crippen LogP contribution in [0.3, 0.4) is 0 Å². The molecule has 9 nitrogen and oxygen atoms in total. The average Bonchev–Trinajstić information content (AvgIpc) is 3.21. The van der Waals surface area contributed by atoms with Gasteiger partial charge in [-0.3, -0.25) is 0 Å². The summed E-state index contributed by atoms with van der Waals surface area (Å²) in [5.74, 6) is 0.904. The Morgan fingerprint density at radius 2 is 1.97 bits per heavy atom. The van der Waals surface area contributed by atoms with E-state index in [0.717, 1.165) is 40.4 Å². The van der Waals surface area contributed by atoms with Gasteiger partial charge < -0.3 is 19.7 Å². The van der Waals surface area contributed by atoms with E-state index in [1.54, 1.807) is 18.3 Å². The normalized spacial score (nSPS) is 15.4. The number of thiophene rings is 1. The molecule has 0 amide bonds. The molecule has 1 unspecified atom stereocenters. The van der Waals surface area contributed by atoms with E-state index < -0.39 is 5.97 Å². The molecule has 0 bridgehead atoms. The molecule has 4 heterocycles. The highest BCUT2D eigenvalue weighted by Gasteiger charge is 2.27. The lowest BCUT2D eigenvalue weighted by Crippen LogP contribution is -2.36. The van der Waals surface area contributed by atoms with Gasteiger partial charge in [0, 0.05) is 42.8 Å². The number of carbonyl (C=O) groups excluding carboxylic acids is 1. The minimum absolute atomic E-state index is 0.0317. The fraction of sp³-hybridized carbons (Fsp3) is 0.522. The first kappa shape index (κ1) is 24.6. The van der Waals surface area contributed by atoms with Crippen LogP contribution < -0.4 is 10.2 Å². The van der Waals surface area contributed by atoms with Crippen molar-refractivity contribution in [2.75, 3.05) is 43.1 Å². The molecule has 1 atom stereocenters. The number of hydrogen-bond donors (Lipinski definition) is 1. The number of halogens is 1. The van der Waals surface area contributed by atoms with Gasteiger partial charge in [0.1, 0.15) is 0 Å². The molecule has 1 N–H and O–H groups in total. The minimum atomic E-state index is -0.428. The second kappa shape index (κ2) is 10.4. The highest BCUT2D eigenvalue weighted by atomic mass is 35.5. The Morgan fingerprint density at radius 3 is 2.62 bits per heavy atom. The molecule has 3 aromatic heterocycles. The number of fused-ring (bicyclic) bond motifs is 1. The third-order valence-electron chi connectivity index (χ3n) is 5.61. The van der Waals surface area contributed by atoms with Gasteiger partial charge in [-0.2, -0.15) is 4.98 Å². The lowest BCUT2D eigenvalue weighted by atomic mass is 9.84.